The third kappa shape index (κ3) is 2.37. The van der Waals surface area contributed by atoms with Crippen molar-refractivity contribution in [1.82, 2.24) is 4.90 Å². The predicted octanol–water partition coefficient (Wildman–Crippen LogP) is 2.33. The molecule has 1 aromatic rings. The summed E-state index contributed by atoms with van der Waals surface area (Å²) < 4.78 is 0. The number of ketones is 1. The Morgan fingerprint density at radius 2 is 2.06 bits per heavy atom. The molecule has 1 aliphatic heterocycles. The fourth-order valence-electron chi connectivity index (χ4n) is 2.56. The van der Waals surface area contributed by atoms with Crippen LogP contribution in [0.1, 0.15) is 25.3 Å². The number of carbonyl (C=O) groups excluding carboxylic acids is 1. The molecule has 1 N–H and O–H groups in total. The van der Waals surface area contributed by atoms with Gasteiger partial charge in [0.25, 0.3) is 0 Å². The van der Waals surface area contributed by atoms with Gasteiger partial charge in [0, 0.05) is 18.9 Å². The fourth-order valence-corrected chi connectivity index (χ4v) is 2.56. The molecular weight excluding hydrogens is 230 g/mol. The lowest BCUT2D eigenvalue weighted by Gasteiger charge is -2.25. The van der Waals surface area contributed by atoms with Crippen molar-refractivity contribution in [1.29, 1.82) is 0 Å². The number of nitrogens with zero attached hydrogens (tertiary/aromatic N) is 1. The third-order valence-corrected chi connectivity index (χ3v) is 3.50. The highest BCUT2D eigenvalue weighted by Crippen LogP contribution is 2.26. The normalized spacial score (nSPS) is 23.4. The summed E-state index contributed by atoms with van der Waals surface area (Å²) in [5, 5.41) is 9.25. The fraction of sp³-hybridized carbons (Fsp3) is 0.429. The Balaban J connectivity index is 2.19. The van der Waals surface area contributed by atoms with E-state index < -0.39 is 12.1 Å². The summed E-state index contributed by atoms with van der Waals surface area (Å²) in [7, 11) is 0. The predicted molar refractivity (Wildman–Crippen MR) is 67.5 cm³/mol. The van der Waals surface area contributed by atoms with Gasteiger partial charge in [-0.3, -0.25) is 9.69 Å². The molecule has 0 saturated carbocycles. The van der Waals surface area contributed by atoms with Gasteiger partial charge in [0.1, 0.15) is 0 Å². The van der Waals surface area contributed by atoms with E-state index in [0.29, 0.717) is 19.3 Å². The molecule has 96 valence electrons. The molecule has 1 heterocycles. The highest BCUT2D eigenvalue weighted by Gasteiger charge is 2.41. The second-order valence-corrected chi connectivity index (χ2v) is 4.63. The van der Waals surface area contributed by atoms with Crippen LogP contribution in [0, 0.1) is 0 Å². The van der Waals surface area contributed by atoms with Gasteiger partial charge >= 0.3 is 6.09 Å². The van der Waals surface area contributed by atoms with Crippen LogP contribution in [-0.4, -0.2) is 34.0 Å². The van der Waals surface area contributed by atoms with Crippen molar-refractivity contribution in [3.8, 4) is 0 Å². The van der Waals surface area contributed by atoms with Crippen LogP contribution in [0.2, 0.25) is 0 Å². The number of hydrogen-bond donors (Lipinski definition) is 1. The maximum Gasteiger partial charge on any atom is 0.408 e. The van der Waals surface area contributed by atoms with E-state index in [2.05, 4.69) is 0 Å². The number of benzene rings is 1. The van der Waals surface area contributed by atoms with E-state index in [-0.39, 0.29) is 11.8 Å². The lowest BCUT2D eigenvalue weighted by atomic mass is 10.0. The van der Waals surface area contributed by atoms with Crippen LogP contribution in [0.3, 0.4) is 0 Å². The van der Waals surface area contributed by atoms with Crippen LogP contribution in [0.5, 0.6) is 0 Å². The van der Waals surface area contributed by atoms with Crippen molar-refractivity contribution in [2.45, 2.75) is 38.3 Å². The standard InChI is InChI=1S/C14H17NO3/c1-2-11-9-13(16)12(15(11)14(17)18)8-10-6-4-3-5-7-10/h3-7,11-12H,2,8-9H2,1H3,(H,17,18)/t11-,12+/m1/s1. The van der Waals surface area contributed by atoms with Gasteiger partial charge in [-0.2, -0.15) is 0 Å². The molecule has 1 amide bonds. The van der Waals surface area contributed by atoms with Gasteiger partial charge in [-0.15, -0.1) is 0 Å². The van der Waals surface area contributed by atoms with Crippen molar-refractivity contribution in [2.24, 2.45) is 0 Å². The Bertz CT molecular complexity index is 444. The Labute approximate surface area is 106 Å². The zero-order valence-electron chi connectivity index (χ0n) is 10.4. The summed E-state index contributed by atoms with van der Waals surface area (Å²) in [5.41, 5.74) is 0.999. The molecule has 1 fully saturated rings. The van der Waals surface area contributed by atoms with E-state index in [9.17, 15) is 14.7 Å². The van der Waals surface area contributed by atoms with Gasteiger partial charge in [-0.1, -0.05) is 37.3 Å². The van der Waals surface area contributed by atoms with Crippen molar-refractivity contribution in [3.63, 3.8) is 0 Å². The van der Waals surface area contributed by atoms with Crippen molar-refractivity contribution in [2.75, 3.05) is 0 Å². The molecule has 18 heavy (non-hydrogen) atoms. The first-order valence-corrected chi connectivity index (χ1v) is 6.21. The SMILES string of the molecule is CC[C@@H]1CC(=O)[C@H](Cc2ccccc2)N1C(=O)O. The molecule has 1 aromatic carbocycles. The number of likely N-dealkylation sites (tertiary alicyclic amines) is 1. The number of Topliss-reactive ketones (excluding diaryl/α,β-unsaturated/α-hetero) is 1. The Morgan fingerprint density at radius 3 is 2.61 bits per heavy atom. The average molecular weight is 247 g/mol. The summed E-state index contributed by atoms with van der Waals surface area (Å²) in [6, 6.07) is 8.87. The van der Waals surface area contributed by atoms with E-state index in [0.717, 1.165) is 5.56 Å². The average Bonchev–Trinajstić information content (AvgIpc) is 2.67. The molecule has 4 nitrogen and oxygen atoms in total. The van der Waals surface area contributed by atoms with Gasteiger partial charge in [0.2, 0.25) is 0 Å². The molecule has 0 aliphatic carbocycles. The first-order chi connectivity index (χ1) is 8.63. The lowest BCUT2D eigenvalue weighted by Crippen LogP contribution is -2.42. The van der Waals surface area contributed by atoms with E-state index in [1.165, 1.54) is 4.90 Å². The van der Waals surface area contributed by atoms with E-state index in [1.54, 1.807) is 0 Å². The molecule has 0 spiro atoms. The van der Waals surface area contributed by atoms with Crippen LogP contribution < -0.4 is 0 Å². The second kappa shape index (κ2) is 5.21. The number of rotatable bonds is 3. The van der Waals surface area contributed by atoms with E-state index in [4.69, 9.17) is 0 Å². The van der Waals surface area contributed by atoms with Gasteiger partial charge < -0.3 is 5.11 Å². The quantitative estimate of drug-likeness (QED) is 0.891. The van der Waals surface area contributed by atoms with Gasteiger partial charge in [-0.25, -0.2) is 4.79 Å². The van der Waals surface area contributed by atoms with Crippen LogP contribution in [-0.2, 0) is 11.2 Å². The Kier molecular flexibility index (Phi) is 3.65. The summed E-state index contributed by atoms with van der Waals surface area (Å²) in [6.07, 6.45) is 0.514. The molecule has 1 aliphatic rings. The van der Waals surface area contributed by atoms with Crippen LogP contribution >= 0.6 is 0 Å². The third-order valence-electron chi connectivity index (χ3n) is 3.50. The minimum atomic E-state index is -0.992. The van der Waals surface area contributed by atoms with Crippen LogP contribution in [0.4, 0.5) is 4.79 Å². The molecular formula is C14H17NO3. The zero-order valence-corrected chi connectivity index (χ0v) is 10.4. The van der Waals surface area contributed by atoms with E-state index >= 15 is 0 Å². The maximum atomic E-state index is 12.0. The van der Waals surface area contributed by atoms with Gasteiger partial charge in [0.05, 0.1) is 6.04 Å². The van der Waals surface area contributed by atoms with Crippen LogP contribution in [0.15, 0.2) is 30.3 Å². The number of carbonyl (C=O) groups is 2. The maximum absolute atomic E-state index is 12.0. The first kappa shape index (κ1) is 12.6. The minimum absolute atomic E-state index is 0.0353. The largest absolute Gasteiger partial charge is 0.465 e. The van der Waals surface area contributed by atoms with Crippen molar-refractivity contribution in [3.05, 3.63) is 35.9 Å². The summed E-state index contributed by atoms with van der Waals surface area (Å²) in [6.45, 7) is 1.92. The molecule has 2 rings (SSSR count). The number of hydrogen-bond acceptors (Lipinski definition) is 2. The summed E-state index contributed by atoms with van der Waals surface area (Å²) >= 11 is 0. The summed E-state index contributed by atoms with van der Waals surface area (Å²) in [5.74, 6) is 0.0353. The minimum Gasteiger partial charge on any atom is -0.465 e. The van der Waals surface area contributed by atoms with Crippen molar-refractivity contribution >= 4 is 11.9 Å². The Hall–Kier alpha value is -1.84. The lowest BCUT2D eigenvalue weighted by molar-refractivity contribution is -0.119. The van der Waals surface area contributed by atoms with Gasteiger partial charge in [-0.05, 0) is 12.0 Å². The molecule has 0 aromatic heterocycles. The molecule has 1 saturated heterocycles. The first-order valence-electron chi connectivity index (χ1n) is 6.21. The zero-order chi connectivity index (χ0) is 13.1. The molecule has 0 bridgehead atoms. The molecule has 4 heteroatoms. The topological polar surface area (TPSA) is 57.6 Å². The highest BCUT2D eigenvalue weighted by molar-refractivity contribution is 5.91. The smallest absolute Gasteiger partial charge is 0.408 e. The molecule has 0 radical (unpaired) electrons. The van der Waals surface area contributed by atoms with Crippen LogP contribution in [0.25, 0.3) is 0 Å². The molecule has 0 unspecified atom stereocenters. The van der Waals surface area contributed by atoms with E-state index in [1.807, 2.05) is 37.3 Å². The number of carboxylic acid groups (broad SMARTS) is 1. The van der Waals surface area contributed by atoms with Crippen molar-refractivity contribution < 1.29 is 14.7 Å². The number of amides is 1. The molecule has 2 atom stereocenters. The summed E-state index contributed by atoms with van der Waals surface area (Å²) in [4.78, 5) is 24.6. The highest BCUT2D eigenvalue weighted by atomic mass is 16.4. The monoisotopic (exact) mass is 247 g/mol. The Morgan fingerprint density at radius 1 is 1.39 bits per heavy atom. The van der Waals surface area contributed by atoms with Gasteiger partial charge in [0.15, 0.2) is 5.78 Å². The second-order valence-electron chi connectivity index (χ2n) is 4.63.